The van der Waals surface area contributed by atoms with Crippen molar-refractivity contribution in [2.24, 2.45) is 0 Å². The predicted octanol–water partition coefficient (Wildman–Crippen LogP) is 2.86. The van der Waals surface area contributed by atoms with Crippen LogP contribution in [0.3, 0.4) is 0 Å². The summed E-state index contributed by atoms with van der Waals surface area (Å²) in [5, 5.41) is 2.96. The molecule has 1 aliphatic rings. The van der Waals surface area contributed by atoms with Gasteiger partial charge < -0.3 is 14.6 Å². The number of carbonyl (C=O) groups excluding carboxylic acids is 2. The number of furan rings is 1. The van der Waals surface area contributed by atoms with E-state index in [4.69, 9.17) is 4.42 Å². The molecule has 0 aliphatic carbocycles. The van der Waals surface area contributed by atoms with Crippen LogP contribution in [-0.4, -0.2) is 30.2 Å². The SMILES string of the molecule is CC(CCc1ccco1)NC(=O)CN1C(=O)CSc2ccccc21. The zero-order valence-corrected chi connectivity index (χ0v) is 14.3. The maximum absolute atomic E-state index is 12.3. The highest BCUT2D eigenvalue weighted by Crippen LogP contribution is 2.34. The van der Waals surface area contributed by atoms with Gasteiger partial charge in [0.2, 0.25) is 11.8 Å². The van der Waals surface area contributed by atoms with Crippen molar-refractivity contribution in [2.45, 2.75) is 30.7 Å². The second-order valence-electron chi connectivity index (χ2n) is 5.82. The number of fused-ring (bicyclic) bond motifs is 1. The summed E-state index contributed by atoms with van der Waals surface area (Å²) in [6, 6.07) is 11.5. The van der Waals surface area contributed by atoms with Crippen LogP contribution in [0.15, 0.2) is 52.0 Å². The van der Waals surface area contributed by atoms with Gasteiger partial charge in [0.1, 0.15) is 12.3 Å². The Hall–Kier alpha value is -2.21. The summed E-state index contributed by atoms with van der Waals surface area (Å²) in [6.07, 6.45) is 3.21. The molecular weight excluding hydrogens is 324 g/mol. The maximum Gasteiger partial charge on any atom is 0.240 e. The second kappa shape index (κ2) is 7.57. The minimum atomic E-state index is -0.142. The van der Waals surface area contributed by atoms with Crippen LogP contribution in [-0.2, 0) is 16.0 Å². The number of anilines is 1. The number of para-hydroxylation sites is 1. The molecule has 0 spiro atoms. The van der Waals surface area contributed by atoms with Crippen LogP contribution >= 0.6 is 11.8 Å². The number of hydrogen-bond donors (Lipinski definition) is 1. The Morgan fingerprint density at radius 2 is 2.17 bits per heavy atom. The van der Waals surface area contributed by atoms with E-state index in [0.29, 0.717) is 5.75 Å². The van der Waals surface area contributed by atoms with Crippen LogP contribution in [0.4, 0.5) is 5.69 Å². The van der Waals surface area contributed by atoms with E-state index in [-0.39, 0.29) is 24.4 Å². The summed E-state index contributed by atoms with van der Waals surface area (Å²) >= 11 is 1.51. The van der Waals surface area contributed by atoms with Crippen molar-refractivity contribution < 1.29 is 14.0 Å². The lowest BCUT2D eigenvalue weighted by Crippen LogP contribution is -2.45. The molecule has 126 valence electrons. The summed E-state index contributed by atoms with van der Waals surface area (Å²) in [5.41, 5.74) is 0.817. The number of nitrogens with one attached hydrogen (secondary N) is 1. The molecular formula is C18H20N2O3S. The van der Waals surface area contributed by atoms with Crippen molar-refractivity contribution in [3.63, 3.8) is 0 Å². The summed E-state index contributed by atoms with van der Waals surface area (Å²) in [5.74, 6) is 1.11. The first kappa shape index (κ1) is 16.6. The third-order valence-electron chi connectivity index (χ3n) is 3.92. The van der Waals surface area contributed by atoms with Crippen LogP contribution in [0.2, 0.25) is 0 Å². The van der Waals surface area contributed by atoms with Crippen molar-refractivity contribution in [3.8, 4) is 0 Å². The quantitative estimate of drug-likeness (QED) is 0.875. The van der Waals surface area contributed by atoms with Gasteiger partial charge in [-0.25, -0.2) is 0 Å². The lowest BCUT2D eigenvalue weighted by molar-refractivity contribution is -0.123. The fourth-order valence-corrected chi connectivity index (χ4v) is 3.61. The Bertz CT molecular complexity index is 715. The molecule has 0 bridgehead atoms. The van der Waals surface area contributed by atoms with E-state index in [2.05, 4.69) is 5.32 Å². The molecule has 0 saturated carbocycles. The number of aryl methyl sites for hydroxylation is 1. The van der Waals surface area contributed by atoms with E-state index in [0.717, 1.165) is 29.2 Å². The van der Waals surface area contributed by atoms with Gasteiger partial charge in [0.25, 0.3) is 0 Å². The monoisotopic (exact) mass is 344 g/mol. The minimum Gasteiger partial charge on any atom is -0.469 e. The average molecular weight is 344 g/mol. The van der Waals surface area contributed by atoms with Gasteiger partial charge in [-0.1, -0.05) is 12.1 Å². The van der Waals surface area contributed by atoms with E-state index in [1.165, 1.54) is 11.8 Å². The molecule has 6 heteroatoms. The van der Waals surface area contributed by atoms with Crippen LogP contribution in [0.1, 0.15) is 19.1 Å². The molecule has 1 unspecified atom stereocenters. The van der Waals surface area contributed by atoms with Gasteiger partial charge in [0.05, 0.1) is 17.7 Å². The zero-order chi connectivity index (χ0) is 16.9. The Balaban J connectivity index is 1.55. The molecule has 1 aromatic carbocycles. The van der Waals surface area contributed by atoms with Gasteiger partial charge in [0, 0.05) is 17.4 Å². The maximum atomic E-state index is 12.3. The molecule has 2 aromatic rings. The molecule has 1 aromatic heterocycles. The van der Waals surface area contributed by atoms with E-state index in [1.807, 2.05) is 43.3 Å². The average Bonchev–Trinajstić information content (AvgIpc) is 3.09. The number of nitrogens with zero attached hydrogens (tertiary/aromatic N) is 1. The number of carbonyl (C=O) groups is 2. The largest absolute Gasteiger partial charge is 0.469 e. The topological polar surface area (TPSA) is 62.6 Å². The highest BCUT2D eigenvalue weighted by molar-refractivity contribution is 8.00. The third-order valence-corrected chi connectivity index (χ3v) is 4.97. The van der Waals surface area contributed by atoms with Crippen molar-refractivity contribution in [3.05, 3.63) is 48.4 Å². The highest BCUT2D eigenvalue weighted by Gasteiger charge is 2.26. The second-order valence-corrected chi connectivity index (χ2v) is 6.84. The molecule has 2 amide bonds. The van der Waals surface area contributed by atoms with Crippen LogP contribution < -0.4 is 10.2 Å². The summed E-state index contributed by atoms with van der Waals surface area (Å²) in [6.45, 7) is 2.02. The van der Waals surface area contributed by atoms with Crippen LogP contribution in [0, 0.1) is 0 Å². The van der Waals surface area contributed by atoms with Gasteiger partial charge in [-0.15, -0.1) is 11.8 Å². The molecule has 0 saturated heterocycles. The first-order valence-electron chi connectivity index (χ1n) is 7.97. The normalized spacial score (nSPS) is 15.0. The van der Waals surface area contributed by atoms with E-state index in [1.54, 1.807) is 11.2 Å². The lowest BCUT2D eigenvalue weighted by atomic mass is 10.1. The number of hydrogen-bond acceptors (Lipinski definition) is 4. The van der Waals surface area contributed by atoms with Gasteiger partial charge in [-0.3, -0.25) is 9.59 Å². The first-order chi connectivity index (χ1) is 11.6. The Morgan fingerprint density at radius 3 is 2.96 bits per heavy atom. The Morgan fingerprint density at radius 1 is 1.33 bits per heavy atom. The van der Waals surface area contributed by atoms with Gasteiger partial charge in [-0.2, -0.15) is 0 Å². The van der Waals surface area contributed by atoms with Crippen LogP contribution in [0.25, 0.3) is 0 Å². The van der Waals surface area contributed by atoms with E-state index in [9.17, 15) is 9.59 Å². The predicted molar refractivity (Wildman–Crippen MR) is 94.2 cm³/mol. The molecule has 5 nitrogen and oxygen atoms in total. The molecule has 2 heterocycles. The minimum absolute atomic E-state index is 0.0205. The fraction of sp³-hybridized carbons (Fsp3) is 0.333. The van der Waals surface area contributed by atoms with Crippen molar-refractivity contribution in [1.29, 1.82) is 0 Å². The van der Waals surface area contributed by atoms with E-state index >= 15 is 0 Å². The molecule has 1 atom stereocenters. The highest BCUT2D eigenvalue weighted by atomic mass is 32.2. The summed E-state index contributed by atoms with van der Waals surface area (Å²) in [4.78, 5) is 27.1. The number of amides is 2. The molecule has 1 N–H and O–H groups in total. The lowest BCUT2D eigenvalue weighted by Gasteiger charge is -2.28. The molecule has 24 heavy (non-hydrogen) atoms. The standard InChI is InChI=1S/C18H20N2O3S/c1-13(8-9-14-5-4-10-23-14)19-17(21)11-20-15-6-2-3-7-16(15)24-12-18(20)22/h2-7,10,13H,8-9,11-12H2,1H3,(H,19,21). The Kier molecular flexibility index (Phi) is 5.25. The summed E-state index contributed by atoms with van der Waals surface area (Å²) in [7, 11) is 0. The smallest absolute Gasteiger partial charge is 0.240 e. The first-order valence-corrected chi connectivity index (χ1v) is 8.96. The third kappa shape index (κ3) is 4.00. The number of rotatable bonds is 6. The Labute approximate surface area is 145 Å². The number of thioether (sulfide) groups is 1. The van der Waals surface area contributed by atoms with E-state index < -0.39 is 0 Å². The molecule has 0 fully saturated rings. The number of benzene rings is 1. The van der Waals surface area contributed by atoms with Gasteiger partial charge >= 0.3 is 0 Å². The fourth-order valence-electron chi connectivity index (χ4n) is 2.68. The molecule has 3 rings (SSSR count). The van der Waals surface area contributed by atoms with Crippen molar-refractivity contribution >= 4 is 29.3 Å². The van der Waals surface area contributed by atoms with Crippen molar-refractivity contribution in [2.75, 3.05) is 17.2 Å². The van der Waals surface area contributed by atoms with Crippen molar-refractivity contribution in [1.82, 2.24) is 5.32 Å². The summed E-state index contributed by atoms with van der Waals surface area (Å²) < 4.78 is 5.30. The van der Waals surface area contributed by atoms with Crippen LogP contribution in [0.5, 0.6) is 0 Å². The molecule has 1 aliphatic heterocycles. The molecule has 0 radical (unpaired) electrons. The van der Waals surface area contributed by atoms with Gasteiger partial charge in [-0.05, 0) is 37.6 Å². The zero-order valence-electron chi connectivity index (χ0n) is 13.5. The van der Waals surface area contributed by atoms with Gasteiger partial charge in [0.15, 0.2) is 0 Å².